The lowest BCUT2D eigenvalue weighted by Crippen LogP contribution is -2.51. The van der Waals surface area contributed by atoms with Gasteiger partial charge in [-0.2, -0.15) is 0 Å². The largest absolute Gasteiger partial charge is 0.394 e. The van der Waals surface area contributed by atoms with Gasteiger partial charge >= 0.3 is 5.69 Å². The first-order valence-electron chi connectivity index (χ1n) is 12.1. The van der Waals surface area contributed by atoms with Crippen LogP contribution in [0.5, 0.6) is 0 Å². The van der Waals surface area contributed by atoms with E-state index >= 15 is 0 Å². The number of aromatic nitrogens is 4. The topological polar surface area (TPSA) is 261 Å². The van der Waals surface area contributed by atoms with Crippen LogP contribution < -0.4 is 21.9 Å². The third kappa shape index (κ3) is 6.41. The number of nitrogens with one attached hydrogen (secondary N) is 4. The van der Waals surface area contributed by atoms with E-state index in [0.717, 1.165) is 16.8 Å². The molecule has 9 atom stereocenters. The van der Waals surface area contributed by atoms with Gasteiger partial charge in [-0.1, -0.05) is 0 Å². The smallest absolute Gasteiger partial charge is 0.330 e. The molecule has 0 bridgehead atoms. The summed E-state index contributed by atoms with van der Waals surface area (Å²) in [7, 11) is 0. The monoisotopic (exact) mass is 554 g/mol. The van der Waals surface area contributed by atoms with Gasteiger partial charge in [-0.3, -0.25) is 23.9 Å². The van der Waals surface area contributed by atoms with Crippen molar-refractivity contribution in [3.8, 4) is 0 Å². The maximum atomic E-state index is 13.0. The van der Waals surface area contributed by atoms with Gasteiger partial charge < -0.3 is 50.6 Å². The summed E-state index contributed by atoms with van der Waals surface area (Å²) in [6, 6.07) is -0.113. The number of hydrogen-bond acceptors (Lipinski definition) is 12. The quantitative estimate of drug-likeness (QED) is 0.133. The Labute approximate surface area is 219 Å². The molecule has 0 saturated carbocycles. The summed E-state index contributed by atoms with van der Waals surface area (Å²) in [6.07, 6.45) is -6.95. The second kappa shape index (κ2) is 12.2. The number of nitrogens with zero attached hydrogens (tertiary/aromatic N) is 2. The molecule has 2 amide bonds. The molecule has 214 valence electrons. The highest BCUT2D eigenvalue weighted by molar-refractivity contribution is 5.88. The van der Waals surface area contributed by atoms with E-state index in [1.54, 1.807) is 0 Å². The minimum Gasteiger partial charge on any atom is -0.394 e. The van der Waals surface area contributed by atoms with Gasteiger partial charge in [-0.05, 0) is 0 Å². The van der Waals surface area contributed by atoms with Crippen molar-refractivity contribution in [2.75, 3.05) is 13.2 Å². The van der Waals surface area contributed by atoms with Gasteiger partial charge in [0.1, 0.15) is 42.7 Å². The van der Waals surface area contributed by atoms with E-state index in [9.17, 15) is 44.7 Å². The standard InChI is InChI=1S/C22H30N6O11/c29-7-13-18(34)16(32)11(38-13)4-15(31)26-10(3-9-5-23-8-25-9)20(36)24-6-12-17(33)19(35)21(39-12)28-2-1-14(30)27-22(28)37/h1-2,5,8,10-13,16-19,21,29,32-35H,3-4,6-7H2,(H,23,25)(H,24,36)(H,26,31)(H,27,30,37)/t10-,11-,12-,13+,16+,17-,18+,19-,21-/m1/s1. The van der Waals surface area contributed by atoms with Gasteiger partial charge in [0.05, 0.1) is 25.5 Å². The third-order valence-electron chi connectivity index (χ3n) is 6.60. The number of aliphatic hydroxyl groups is 5. The molecule has 2 aliphatic heterocycles. The highest BCUT2D eigenvalue weighted by atomic mass is 16.6. The van der Waals surface area contributed by atoms with Crippen LogP contribution in [0.15, 0.2) is 34.4 Å². The minimum atomic E-state index is -1.55. The fourth-order valence-corrected chi connectivity index (χ4v) is 4.49. The Bertz CT molecular complexity index is 1250. The summed E-state index contributed by atoms with van der Waals surface area (Å²) < 4.78 is 11.8. The number of amides is 2. The van der Waals surface area contributed by atoms with Crippen molar-refractivity contribution in [2.24, 2.45) is 0 Å². The van der Waals surface area contributed by atoms with Crippen molar-refractivity contribution >= 4 is 11.8 Å². The van der Waals surface area contributed by atoms with Crippen LogP contribution in [-0.4, -0.2) is 119 Å². The molecule has 0 radical (unpaired) electrons. The van der Waals surface area contributed by atoms with Crippen LogP contribution in [0.1, 0.15) is 18.3 Å². The molecule has 4 rings (SSSR count). The van der Waals surface area contributed by atoms with E-state index in [1.807, 2.05) is 4.98 Å². The van der Waals surface area contributed by atoms with E-state index < -0.39 is 91.1 Å². The van der Waals surface area contributed by atoms with Crippen molar-refractivity contribution in [3.05, 3.63) is 51.3 Å². The molecule has 17 nitrogen and oxygen atoms in total. The number of rotatable bonds is 10. The average Bonchev–Trinajstić information content (AvgIpc) is 3.58. The number of aromatic amines is 2. The number of ether oxygens (including phenoxy) is 2. The van der Waals surface area contributed by atoms with Crippen molar-refractivity contribution in [3.63, 3.8) is 0 Å². The summed E-state index contributed by atoms with van der Waals surface area (Å²) in [4.78, 5) is 57.8. The normalized spacial score (nSPS) is 31.2. The number of carbonyl (C=O) groups excluding carboxylic acids is 2. The molecular formula is C22H30N6O11. The second-order valence-electron chi connectivity index (χ2n) is 9.29. The zero-order chi connectivity index (χ0) is 28.3. The lowest BCUT2D eigenvalue weighted by molar-refractivity contribution is -0.131. The first-order valence-corrected chi connectivity index (χ1v) is 12.1. The first-order chi connectivity index (χ1) is 18.6. The molecule has 2 aliphatic rings. The van der Waals surface area contributed by atoms with Crippen LogP contribution in [-0.2, 0) is 25.5 Å². The predicted molar refractivity (Wildman–Crippen MR) is 127 cm³/mol. The Kier molecular flexibility index (Phi) is 8.90. The third-order valence-corrected chi connectivity index (χ3v) is 6.60. The van der Waals surface area contributed by atoms with Crippen LogP contribution in [0.3, 0.4) is 0 Å². The first kappa shape index (κ1) is 28.6. The Balaban J connectivity index is 1.38. The summed E-state index contributed by atoms with van der Waals surface area (Å²) >= 11 is 0. The number of H-pyrrole nitrogens is 2. The number of imidazole rings is 1. The minimum absolute atomic E-state index is 0.0142. The molecule has 2 saturated heterocycles. The van der Waals surface area contributed by atoms with E-state index in [0.29, 0.717) is 5.69 Å². The van der Waals surface area contributed by atoms with Crippen LogP contribution in [0.4, 0.5) is 0 Å². The van der Waals surface area contributed by atoms with Gasteiger partial charge in [0.2, 0.25) is 11.8 Å². The van der Waals surface area contributed by atoms with Crippen molar-refractivity contribution in [1.29, 1.82) is 0 Å². The zero-order valence-corrected chi connectivity index (χ0v) is 20.4. The lowest BCUT2D eigenvalue weighted by atomic mass is 10.0. The van der Waals surface area contributed by atoms with Crippen molar-refractivity contribution in [1.82, 2.24) is 30.2 Å². The molecule has 0 spiro atoms. The van der Waals surface area contributed by atoms with Gasteiger partial charge in [0.25, 0.3) is 5.56 Å². The maximum absolute atomic E-state index is 13.0. The molecular weight excluding hydrogens is 524 g/mol. The molecule has 39 heavy (non-hydrogen) atoms. The summed E-state index contributed by atoms with van der Waals surface area (Å²) in [5.41, 5.74) is -1.01. The average molecular weight is 555 g/mol. The molecule has 0 aliphatic carbocycles. The van der Waals surface area contributed by atoms with Gasteiger partial charge in [0, 0.05) is 37.1 Å². The highest BCUT2D eigenvalue weighted by Crippen LogP contribution is 2.28. The van der Waals surface area contributed by atoms with Gasteiger partial charge in [-0.25, -0.2) is 9.78 Å². The fraction of sp³-hybridized carbons (Fsp3) is 0.591. The van der Waals surface area contributed by atoms with Gasteiger partial charge in [0.15, 0.2) is 6.23 Å². The van der Waals surface area contributed by atoms with Gasteiger partial charge in [-0.15, -0.1) is 0 Å². The summed E-state index contributed by atoms with van der Waals surface area (Å²) in [5.74, 6) is -1.37. The van der Waals surface area contributed by atoms with Crippen LogP contribution in [0, 0.1) is 0 Å². The number of carbonyl (C=O) groups is 2. The Morgan fingerprint density at radius 2 is 1.77 bits per heavy atom. The van der Waals surface area contributed by atoms with Crippen LogP contribution in [0.25, 0.3) is 0 Å². The Morgan fingerprint density at radius 1 is 1.05 bits per heavy atom. The van der Waals surface area contributed by atoms with E-state index in [-0.39, 0.29) is 13.0 Å². The number of aliphatic hydroxyl groups excluding tert-OH is 5. The zero-order valence-electron chi connectivity index (χ0n) is 20.4. The second-order valence-corrected chi connectivity index (χ2v) is 9.29. The molecule has 0 aromatic carbocycles. The molecule has 0 unspecified atom stereocenters. The van der Waals surface area contributed by atoms with Crippen molar-refractivity contribution in [2.45, 2.75) is 67.8 Å². The van der Waals surface area contributed by atoms with Crippen LogP contribution in [0.2, 0.25) is 0 Å². The molecule has 9 N–H and O–H groups in total. The Morgan fingerprint density at radius 3 is 2.41 bits per heavy atom. The predicted octanol–water partition coefficient (Wildman–Crippen LogP) is -5.41. The van der Waals surface area contributed by atoms with Crippen molar-refractivity contribution < 1.29 is 44.6 Å². The molecule has 2 aromatic rings. The maximum Gasteiger partial charge on any atom is 0.330 e. The van der Waals surface area contributed by atoms with Crippen LogP contribution >= 0.6 is 0 Å². The van der Waals surface area contributed by atoms with E-state index in [4.69, 9.17) is 9.47 Å². The lowest BCUT2D eigenvalue weighted by Gasteiger charge is -2.22. The molecule has 17 heteroatoms. The molecule has 2 fully saturated rings. The highest BCUT2D eigenvalue weighted by Gasteiger charge is 2.45. The van der Waals surface area contributed by atoms with E-state index in [1.165, 1.54) is 12.5 Å². The fourth-order valence-electron chi connectivity index (χ4n) is 4.49. The summed E-state index contributed by atoms with van der Waals surface area (Å²) in [6.45, 7) is -0.863. The Hall–Kier alpha value is -3.45. The number of hydrogen-bond donors (Lipinski definition) is 9. The summed E-state index contributed by atoms with van der Waals surface area (Å²) in [5, 5.41) is 55.1. The SMILES string of the molecule is O=C(C[C@H]1O[C@@H](CO)[C@H](O)[C@H]1O)N[C@H](Cc1cnc[nH]1)C(=O)NC[C@H]1O[C@@H](n2ccc(=O)[nH]c2=O)[C@H](O)[C@@H]1O. The molecule has 2 aromatic heterocycles. The van der Waals surface area contributed by atoms with E-state index in [2.05, 4.69) is 20.6 Å². The molecule has 4 heterocycles.